The van der Waals surface area contributed by atoms with Gasteiger partial charge >= 0.3 is 0 Å². The summed E-state index contributed by atoms with van der Waals surface area (Å²) in [6, 6.07) is 3.17. The second kappa shape index (κ2) is 3.38. The van der Waals surface area contributed by atoms with E-state index in [0.29, 0.717) is 16.7 Å². The molecular formula is C5H8ClN5. The van der Waals surface area contributed by atoms with Crippen molar-refractivity contribution >= 4 is 23.2 Å². The second-order valence-electron chi connectivity index (χ2n) is 1.84. The lowest BCUT2D eigenvalue weighted by Crippen LogP contribution is -2.12. The molecule has 0 saturated heterocycles. The molecule has 0 aliphatic rings. The van der Waals surface area contributed by atoms with E-state index in [9.17, 15) is 0 Å². The van der Waals surface area contributed by atoms with Gasteiger partial charge < -0.3 is 10.9 Å². The molecule has 1 heterocycles. The lowest BCUT2D eigenvalue weighted by Gasteiger charge is -2.02. The molecule has 0 aliphatic carbocycles. The molecule has 5 nitrogen and oxygen atoms in total. The van der Waals surface area contributed by atoms with Crippen LogP contribution >= 0.6 is 11.6 Å². The van der Waals surface area contributed by atoms with Crippen LogP contribution in [-0.2, 0) is 0 Å². The fraction of sp³-hybridized carbons (Fsp3) is 0. The van der Waals surface area contributed by atoms with Gasteiger partial charge in [0.05, 0.1) is 0 Å². The van der Waals surface area contributed by atoms with Crippen molar-refractivity contribution in [2.75, 3.05) is 10.9 Å². The topological polar surface area (TPSA) is 89.0 Å². The number of rotatable bonds is 2. The number of hydrogen-bond donors (Lipinski definition) is 4. The van der Waals surface area contributed by atoms with Crippen LogP contribution in [0.2, 0.25) is 5.02 Å². The first-order valence-corrected chi connectivity index (χ1v) is 3.25. The quantitative estimate of drug-likeness (QED) is 0.382. The Kier molecular flexibility index (Phi) is 2.48. The minimum absolute atomic E-state index is 0.463. The smallest absolute Gasteiger partial charge is 0.143 e. The maximum absolute atomic E-state index is 5.68. The van der Waals surface area contributed by atoms with E-state index in [0.717, 1.165) is 0 Å². The van der Waals surface area contributed by atoms with Gasteiger partial charge in [0.25, 0.3) is 0 Å². The monoisotopic (exact) mass is 173 g/mol. The fourth-order valence-electron chi connectivity index (χ4n) is 0.645. The number of pyridine rings is 1. The van der Waals surface area contributed by atoms with Crippen LogP contribution in [0.15, 0.2) is 12.1 Å². The highest BCUT2D eigenvalue weighted by Gasteiger charge is 1.97. The maximum atomic E-state index is 5.68. The summed E-state index contributed by atoms with van der Waals surface area (Å²) in [6.07, 6.45) is 0. The van der Waals surface area contributed by atoms with Crippen molar-refractivity contribution in [1.29, 1.82) is 0 Å². The van der Waals surface area contributed by atoms with Gasteiger partial charge in [-0.2, -0.15) is 0 Å². The van der Waals surface area contributed by atoms with Crippen LogP contribution in [0.3, 0.4) is 0 Å². The first-order chi connectivity index (χ1) is 5.26. The van der Waals surface area contributed by atoms with E-state index in [-0.39, 0.29) is 0 Å². The van der Waals surface area contributed by atoms with Crippen molar-refractivity contribution < 1.29 is 0 Å². The lowest BCUT2D eigenvalue weighted by molar-refractivity contribution is 1.19. The number of nitrogen functional groups attached to an aromatic ring is 2. The number of hydrogen-bond acceptors (Lipinski definition) is 5. The summed E-state index contributed by atoms with van der Waals surface area (Å²) in [6.45, 7) is 0. The van der Waals surface area contributed by atoms with E-state index in [1.807, 2.05) is 0 Å². The summed E-state index contributed by atoms with van der Waals surface area (Å²) in [5.41, 5.74) is 4.70. The van der Waals surface area contributed by atoms with Crippen LogP contribution in [0.5, 0.6) is 0 Å². The maximum Gasteiger partial charge on any atom is 0.143 e. The first kappa shape index (κ1) is 8.06. The third-order valence-corrected chi connectivity index (χ3v) is 1.30. The van der Waals surface area contributed by atoms with E-state index in [4.69, 9.17) is 23.3 Å². The van der Waals surface area contributed by atoms with Crippen molar-refractivity contribution in [1.82, 2.24) is 4.98 Å². The number of anilines is 2. The van der Waals surface area contributed by atoms with Crippen molar-refractivity contribution in [3.05, 3.63) is 17.2 Å². The molecule has 1 aromatic rings. The van der Waals surface area contributed by atoms with Crippen LogP contribution in [0.4, 0.5) is 11.6 Å². The molecule has 0 spiro atoms. The largest absolute Gasteiger partial charge is 0.308 e. The molecule has 6 heteroatoms. The predicted octanol–water partition coefficient (Wildman–Crippen LogP) is 0.306. The molecule has 1 aromatic heterocycles. The summed E-state index contributed by atoms with van der Waals surface area (Å²) in [7, 11) is 0. The summed E-state index contributed by atoms with van der Waals surface area (Å²) in [5.74, 6) is 11.1. The fourth-order valence-corrected chi connectivity index (χ4v) is 0.852. The Bertz CT molecular complexity index is 228. The molecule has 11 heavy (non-hydrogen) atoms. The van der Waals surface area contributed by atoms with Gasteiger partial charge in [0.1, 0.15) is 11.6 Å². The SMILES string of the molecule is NNc1cc(Cl)cc(NN)n1. The zero-order chi connectivity index (χ0) is 8.27. The molecule has 0 atom stereocenters. The molecule has 0 amide bonds. The Morgan fingerprint density at radius 3 is 2.00 bits per heavy atom. The third kappa shape index (κ3) is 1.94. The van der Waals surface area contributed by atoms with Crippen LogP contribution in [-0.4, -0.2) is 4.98 Å². The number of aromatic nitrogens is 1. The van der Waals surface area contributed by atoms with Gasteiger partial charge in [-0.25, -0.2) is 16.7 Å². The van der Waals surface area contributed by atoms with Gasteiger partial charge in [0.15, 0.2) is 0 Å². The highest BCUT2D eigenvalue weighted by atomic mass is 35.5. The number of halogens is 1. The summed E-state index contributed by atoms with van der Waals surface area (Å²) < 4.78 is 0. The van der Waals surface area contributed by atoms with E-state index in [1.54, 1.807) is 12.1 Å². The average Bonchev–Trinajstić information content (AvgIpc) is 2.03. The summed E-state index contributed by atoms with van der Waals surface area (Å²) in [5, 5.41) is 0.515. The van der Waals surface area contributed by atoms with Crippen LogP contribution in [0, 0.1) is 0 Å². The highest BCUT2D eigenvalue weighted by Crippen LogP contribution is 2.16. The van der Waals surface area contributed by atoms with Gasteiger partial charge in [-0.3, -0.25) is 0 Å². The van der Waals surface area contributed by atoms with E-state index in [2.05, 4.69) is 15.8 Å². The molecule has 0 bridgehead atoms. The zero-order valence-corrected chi connectivity index (χ0v) is 6.39. The molecule has 0 saturated carbocycles. The van der Waals surface area contributed by atoms with Crippen molar-refractivity contribution in [3.63, 3.8) is 0 Å². The third-order valence-electron chi connectivity index (χ3n) is 1.09. The van der Waals surface area contributed by atoms with E-state index >= 15 is 0 Å². The highest BCUT2D eigenvalue weighted by molar-refractivity contribution is 6.31. The predicted molar refractivity (Wildman–Crippen MR) is 44.9 cm³/mol. The molecule has 1 rings (SSSR count). The molecule has 6 N–H and O–H groups in total. The van der Waals surface area contributed by atoms with Crippen LogP contribution < -0.4 is 22.5 Å². The standard InChI is InChI=1S/C5H8ClN5/c6-3-1-4(10-7)9-5(2-3)11-8/h1-2H,7-8H2,(H2,9,10,11). The van der Waals surface area contributed by atoms with Crippen molar-refractivity contribution in [2.45, 2.75) is 0 Å². The van der Waals surface area contributed by atoms with Crippen molar-refractivity contribution in [2.24, 2.45) is 11.7 Å². The summed E-state index contributed by atoms with van der Waals surface area (Å²) in [4.78, 5) is 3.91. The van der Waals surface area contributed by atoms with Gasteiger partial charge in [0.2, 0.25) is 0 Å². The Morgan fingerprint density at radius 1 is 1.18 bits per heavy atom. The van der Waals surface area contributed by atoms with E-state index in [1.165, 1.54) is 0 Å². The van der Waals surface area contributed by atoms with Crippen LogP contribution in [0.1, 0.15) is 0 Å². The Balaban J connectivity index is 3.02. The molecule has 60 valence electrons. The lowest BCUT2D eigenvalue weighted by atomic mass is 10.4. The normalized spacial score (nSPS) is 9.36. The molecular weight excluding hydrogens is 166 g/mol. The minimum atomic E-state index is 0.463. The number of nitrogens with two attached hydrogens (primary N) is 2. The Hall–Kier alpha value is -1.04. The molecule has 0 aromatic carbocycles. The number of nitrogens with one attached hydrogen (secondary N) is 2. The average molecular weight is 174 g/mol. The molecule has 0 unspecified atom stereocenters. The summed E-state index contributed by atoms with van der Waals surface area (Å²) >= 11 is 5.68. The van der Waals surface area contributed by atoms with Crippen LogP contribution in [0.25, 0.3) is 0 Å². The van der Waals surface area contributed by atoms with Crippen molar-refractivity contribution in [3.8, 4) is 0 Å². The molecule has 0 radical (unpaired) electrons. The van der Waals surface area contributed by atoms with Gasteiger partial charge in [-0.1, -0.05) is 11.6 Å². The van der Waals surface area contributed by atoms with E-state index < -0.39 is 0 Å². The minimum Gasteiger partial charge on any atom is -0.308 e. The zero-order valence-electron chi connectivity index (χ0n) is 5.63. The van der Waals surface area contributed by atoms with Gasteiger partial charge in [0, 0.05) is 17.2 Å². The number of nitrogens with zero attached hydrogens (tertiary/aromatic N) is 1. The Labute approximate surface area is 68.7 Å². The second-order valence-corrected chi connectivity index (χ2v) is 2.28. The Morgan fingerprint density at radius 2 is 1.64 bits per heavy atom. The molecule has 0 aliphatic heterocycles. The van der Waals surface area contributed by atoms with Gasteiger partial charge in [-0.05, 0) is 0 Å². The molecule has 0 fully saturated rings. The van der Waals surface area contributed by atoms with Gasteiger partial charge in [-0.15, -0.1) is 0 Å². The number of hydrazine groups is 2. The first-order valence-electron chi connectivity index (χ1n) is 2.87.